The molecule has 2 rings (SSSR count). The third-order valence-corrected chi connectivity index (χ3v) is 3.96. The molecular weight excluding hydrogens is 279 g/mol. The second kappa shape index (κ2) is 7.36. The summed E-state index contributed by atoms with van der Waals surface area (Å²) in [5, 5.41) is 3.34. The molecule has 1 N–H and O–H groups in total. The van der Waals surface area contributed by atoms with Gasteiger partial charge in [0.15, 0.2) is 0 Å². The molecule has 1 heterocycles. The first kappa shape index (κ1) is 16.4. The van der Waals surface area contributed by atoms with Gasteiger partial charge in [-0.15, -0.1) is 0 Å². The van der Waals surface area contributed by atoms with Gasteiger partial charge in [-0.25, -0.2) is 4.39 Å². The molecule has 4 heteroatoms. The number of rotatable bonds is 6. The Kier molecular flexibility index (Phi) is 5.50. The number of nitrogens with zero attached hydrogens (tertiary/aromatic N) is 1. The molecular formula is C18H23FN2O. The number of nitrogens with one attached hydrogen (secondary N) is 1. The van der Waals surface area contributed by atoms with Crippen molar-refractivity contribution >= 4 is 0 Å². The number of halogens is 1. The highest BCUT2D eigenvalue weighted by Gasteiger charge is 2.10. The molecule has 1 aromatic carbocycles. The summed E-state index contributed by atoms with van der Waals surface area (Å²) in [6.07, 6.45) is 1.02. The number of aromatic nitrogens is 1. The van der Waals surface area contributed by atoms with Crippen molar-refractivity contribution in [2.24, 2.45) is 0 Å². The maximum atomic E-state index is 13.1. The van der Waals surface area contributed by atoms with Crippen LogP contribution in [0.4, 0.5) is 4.39 Å². The molecule has 0 spiro atoms. The van der Waals surface area contributed by atoms with Crippen molar-refractivity contribution in [1.29, 1.82) is 0 Å². The summed E-state index contributed by atoms with van der Waals surface area (Å²) in [6, 6.07) is 10.4. The van der Waals surface area contributed by atoms with Crippen LogP contribution >= 0.6 is 0 Å². The zero-order valence-corrected chi connectivity index (χ0v) is 13.4. The zero-order valence-electron chi connectivity index (χ0n) is 13.4. The van der Waals surface area contributed by atoms with Crippen molar-refractivity contribution in [2.75, 3.05) is 0 Å². The maximum absolute atomic E-state index is 13.1. The molecule has 118 valence electrons. The third kappa shape index (κ3) is 3.63. The highest BCUT2D eigenvalue weighted by atomic mass is 19.1. The molecule has 1 unspecified atom stereocenters. The minimum atomic E-state index is -0.275. The number of hydrogen-bond donors (Lipinski definition) is 1. The molecule has 1 aromatic heterocycles. The Balaban J connectivity index is 2.36. The van der Waals surface area contributed by atoms with Crippen LogP contribution < -0.4 is 10.9 Å². The summed E-state index contributed by atoms with van der Waals surface area (Å²) in [7, 11) is 0. The number of hydrogen-bond acceptors (Lipinski definition) is 2. The first-order valence-electron chi connectivity index (χ1n) is 7.78. The second-order valence-corrected chi connectivity index (χ2v) is 5.49. The molecule has 0 aliphatic rings. The average molecular weight is 302 g/mol. The van der Waals surface area contributed by atoms with Gasteiger partial charge in [-0.05, 0) is 56.2 Å². The van der Waals surface area contributed by atoms with Gasteiger partial charge in [-0.2, -0.15) is 0 Å². The third-order valence-electron chi connectivity index (χ3n) is 3.96. The fourth-order valence-electron chi connectivity index (χ4n) is 2.37. The molecule has 3 nitrogen and oxygen atoms in total. The topological polar surface area (TPSA) is 34.0 Å². The van der Waals surface area contributed by atoms with Crippen LogP contribution in [0.3, 0.4) is 0 Å². The lowest BCUT2D eigenvalue weighted by atomic mass is 10.1. The smallest absolute Gasteiger partial charge is 0.255 e. The lowest BCUT2D eigenvalue weighted by Gasteiger charge is -2.15. The van der Waals surface area contributed by atoms with E-state index in [0.29, 0.717) is 19.1 Å². The van der Waals surface area contributed by atoms with Crippen LogP contribution in [-0.2, 0) is 13.1 Å². The standard InChI is InChI=1S/C18H23FN2O/c1-4-13(3)20-12-15-8-11-17(21(5-2)18(15)22)14-6-9-16(19)10-7-14/h6-11,13,20H,4-5,12H2,1-3H3. The Hall–Kier alpha value is -1.94. The van der Waals surface area contributed by atoms with Gasteiger partial charge < -0.3 is 9.88 Å². The van der Waals surface area contributed by atoms with E-state index in [1.807, 2.05) is 19.1 Å². The lowest BCUT2D eigenvalue weighted by Crippen LogP contribution is -2.31. The van der Waals surface area contributed by atoms with Crippen molar-refractivity contribution in [3.8, 4) is 11.3 Å². The quantitative estimate of drug-likeness (QED) is 0.885. The summed E-state index contributed by atoms with van der Waals surface area (Å²) in [5.74, 6) is -0.275. The summed E-state index contributed by atoms with van der Waals surface area (Å²) in [5.41, 5.74) is 2.44. The van der Waals surface area contributed by atoms with Gasteiger partial charge in [0.1, 0.15) is 5.82 Å². The largest absolute Gasteiger partial charge is 0.310 e. The first-order chi connectivity index (χ1) is 10.6. The van der Waals surface area contributed by atoms with Crippen LogP contribution in [0.5, 0.6) is 0 Å². The van der Waals surface area contributed by atoms with Crippen molar-refractivity contribution in [3.05, 3.63) is 58.1 Å². The molecule has 0 aliphatic carbocycles. The molecule has 0 bridgehead atoms. The summed E-state index contributed by atoms with van der Waals surface area (Å²) in [6.45, 7) is 7.31. The van der Waals surface area contributed by atoms with Crippen molar-refractivity contribution in [2.45, 2.75) is 46.3 Å². The normalized spacial score (nSPS) is 12.4. The van der Waals surface area contributed by atoms with E-state index in [9.17, 15) is 9.18 Å². The van der Waals surface area contributed by atoms with Crippen molar-refractivity contribution in [3.63, 3.8) is 0 Å². The minimum Gasteiger partial charge on any atom is -0.310 e. The Morgan fingerprint density at radius 1 is 1.14 bits per heavy atom. The van der Waals surface area contributed by atoms with Crippen LogP contribution in [-0.4, -0.2) is 10.6 Å². The second-order valence-electron chi connectivity index (χ2n) is 5.49. The molecule has 0 saturated carbocycles. The van der Waals surface area contributed by atoms with E-state index < -0.39 is 0 Å². The van der Waals surface area contributed by atoms with E-state index in [0.717, 1.165) is 23.2 Å². The molecule has 0 saturated heterocycles. The van der Waals surface area contributed by atoms with E-state index in [1.54, 1.807) is 16.7 Å². The lowest BCUT2D eigenvalue weighted by molar-refractivity contribution is 0.529. The molecule has 2 aromatic rings. The summed E-state index contributed by atoms with van der Waals surface area (Å²) in [4.78, 5) is 12.6. The number of benzene rings is 1. The van der Waals surface area contributed by atoms with Gasteiger partial charge in [-0.1, -0.05) is 13.0 Å². The Morgan fingerprint density at radius 2 is 1.82 bits per heavy atom. The molecule has 0 fully saturated rings. The first-order valence-corrected chi connectivity index (χ1v) is 7.78. The van der Waals surface area contributed by atoms with Gasteiger partial charge in [0.2, 0.25) is 0 Å². The van der Waals surface area contributed by atoms with Crippen LogP contribution in [0.1, 0.15) is 32.8 Å². The molecule has 0 amide bonds. The van der Waals surface area contributed by atoms with Crippen LogP contribution in [0, 0.1) is 5.82 Å². The van der Waals surface area contributed by atoms with E-state index in [-0.39, 0.29) is 11.4 Å². The van der Waals surface area contributed by atoms with E-state index in [2.05, 4.69) is 19.2 Å². The predicted octanol–water partition coefficient (Wildman–Crippen LogP) is 3.56. The Labute approximate surface area is 130 Å². The maximum Gasteiger partial charge on any atom is 0.255 e. The molecule has 1 atom stereocenters. The molecule has 22 heavy (non-hydrogen) atoms. The fourth-order valence-corrected chi connectivity index (χ4v) is 2.37. The monoisotopic (exact) mass is 302 g/mol. The van der Waals surface area contributed by atoms with Gasteiger partial charge in [0.25, 0.3) is 5.56 Å². The number of pyridine rings is 1. The van der Waals surface area contributed by atoms with Crippen molar-refractivity contribution in [1.82, 2.24) is 9.88 Å². The predicted molar refractivity (Wildman–Crippen MR) is 88.4 cm³/mol. The van der Waals surface area contributed by atoms with Gasteiger partial charge in [-0.3, -0.25) is 4.79 Å². The van der Waals surface area contributed by atoms with Gasteiger partial charge in [0.05, 0.1) is 5.69 Å². The highest BCUT2D eigenvalue weighted by molar-refractivity contribution is 5.59. The van der Waals surface area contributed by atoms with Gasteiger partial charge >= 0.3 is 0 Å². The average Bonchev–Trinajstić information content (AvgIpc) is 2.54. The highest BCUT2D eigenvalue weighted by Crippen LogP contribution is 2.19. The summed E-state index contributed by atoms with van der Waals surface area (Å²) < 4.78 is 14.8. The van der Waals surface area contributed by atoms with Crippen LogP contribution in [0.25, 0.3) is 11.3 Å². The van der Waals surface area contributed by atoms with Crippen molar-refractivity contribution < 1.29 is 4.39 Å². The van der Waals surface area contributed by atoms with Gasteiger partial charge in [0, 0.05) is 24.7 Å². The fraction of sp³-hybridized carbons (Fsp3) is 0.389. The van der Waals surface area contributed by atoms with Crippen LogP contribution in [0.15, 0.2) is 41.2 Å². The van der Waals surface area contributed by atoms with E-state index in [4.69, 9.17) is 0 Å². The van der Waals surface area contributed by atoms with E-state index >= 15 is 0 Å². The molecule has 0 radical (unpaired) electrons. The minimum absolute atomic E-state index is 0.0140. The SMILES string of the molecule is CCC(C)NCc1ccc(-c2ccc(F)cc2)n(CC)c1=O. The van der Waals surface area contributed by atoms with E-state index in [1.165, 1.54) is 12.1 Å². The zero-order chi connectivity index (χ0) is 16.1. The Morgan fingerprint density at radius 3 is 2.41 bits per heavy atom. The Bertz CT molecular complexity index is 676. The summed E-state index contributed by atoms with van der Waals surface area (Å²) >= 11 is 0. The molecule has 0 aliphatic heterocycles. The van der Waals surface area contributed by atoms with Crippen LogP contribution in [0.2, 0.25) is 0 Å².